The SMILES string of the molecule is CCOc1nc(C2CC2)nc(NCCc2ccccc2)c1N. The molecule has 1 aromatic carbocycles. The molecule has 1 fully saturated rings. The molecule has 1 aromatic heterocycles. The number of hydrogen-bond acceptors (Lipinski definition) is 5. The van der Waals surface area contributed by atoms with Gasteiger partial charge in [0.25, 0.3) is 0 Å². The van der Waals surface area contributed by atoms with Gasteiger partial charge in [0.2, 0.25) is 5.88 Å². The molecule has 0 radical (unpaired) electrons. The lowest BCUT2D eigenvalue weighted by Crippen LogP contribution is -2.12. The highest BCUT2D eigenvalue weighted by molar-refractivity contribution is 5.67. The van der Waals surface area contributed by atoms with Gasteiger partial charge in [-0.25, -0.2) is 4.98 Å². The smallest absolute Gasteiger partial charge is 0.242 e. The first-order valence-electron chi connectivity index (χ1n) is 7.86. The van der Waals surface area contributed by atoms with Gasteiger partial charge in [-0.15, -0.1) is 0 Å². The maximum atomic E-state index is 6.13. The molecule has 1 heterocycles. The van der Waals surface area contributed by atoms with Crippen molar-refractivity contribution in [2.24, 2.45) is 0 Å². The fourth-order valence-corrected chi connectivity index (χ4v) is 2.34. The van der Waals surface area contributed by atoms with E-state index < -0.39 is 0 Å². The highest BCUT2D eigenvalue weighted by Crippen LogP contribution is 2.40. The zero-order chi connectivity index (χ0) is 15.4. The second-order valence-electron chi connectivity index (χ2n) is 5.52. The van der Waals surface area contributed by atoms with Gasteiger partial charge in [-0.3, -0.25) is 0 Å². The van der Waals surface area contributed by atoms with Crippen LogP contribution in [-0.4, -0.2) is 23.1 Å². The van der Waals surface area contributed by atoms with Gasteiger partial charge in [0, 0.05) is 12.5 Å². The summed E-state index contributed by atoms with van der Waals surface area (Å²) in [6.45, 7) is 3.26. The van der Waals surface area contributed by atoms with Crippen molar-refractivity contribution < 1.29 is 4.74 Å². The van der Waals surface area contributed by atoms with E-state index in [0.29, 0.717) is 29.9 Å². The Morgan fingerprint density at radius 1 is 1.23 bits per heavy atom. The third-order valence-corrected chi connectivity index (χ3v) is 3.70. The van der Waals surface area contributed by atoms with Crippen LogP contribution in [0.1, 0.15) is 37.1 Å². The molecule has 0 aliphatic heterocycles. The topological polar surface area (TPSA) is 73.1 Å². The van der Waals surface area contributed by atoms with Crippen LogP contribution in [-0.2, 0) is 6.42 Å². The molecule has 5 nitrogen and oxygen atoms in total. The standard InChI is InChI=1S/C17H22N4O/c1-2-22-17-14(18)16(20-15(21-17)13-8-9-13)19-11-10-12-6-4-3-5-7-12/h3-7,13H,2,8-11,18H2,1H3,(H,19,20,21). The first-order chi connectivity index (χ1) is 10.8. The quantitative estimate of drug-likeness (QED) is 0.822. The number of benzene rings is 1. The average molecular weight is 298 g/mol. The van der Waals surface area contributed by atoms with Crippen LogP contribution in [0.15, 0.2) is 30.3 Å². The molecule has 5 heteroatoms. The minimum atomic E-state index is 0.467. The Hall–Kier alpha value is -2.30. The van der Waals surface area contributed by atoms with E-state index in [4.69, 9.17) is 10.5 Å². The molecule has 0 amide bonds. The molecule has 0 atom stereocenters. The molecule has 0 bridgehead atoms. The van der Waals surface area contributed by atoms with Crippen LogP contribution < -0.4 is 15.8 Å². The zero-order valence-corrected chi connectivity index (χ0v) is 12.9. The lowest BCUT2D eigenvalue weighted by Gasteiger charge is -2.13. The fourth-order valence-electron chi connectivity index (χ4n) is 2.34. The first kappa shape index (κ1) is 14.6. The van der Waals surface area contributed by atoms with Crippen LogP contribution in [0.4, 0.5) is 11.5 Å². The first-order valence-corrected chi connectivity index (χ1v) is 7.86. The summed E-state index contributed by atoms with van der Waals surface area (Å²) in [5, 5.41) is 3.33. The fraction of sp³-hybridized carbons (Fsp3) is 0.412. The lowest BCUT2D eigenvalue weighted by molar-refractivity contribution is 0.327. The molecule has 3 N–H and O–H groups in total. The summed E-state index contributed by atoms with van der Waals surface area (Å²) in [5.74, 6) is 2.51. The van der Waals surface area contributed by atoms with E-state index in [-0.39, 0.29) is 0 Å². The van der Waals surface area contributed by atoms with E-state index in [0.717, 1.165) is 31.6 Å². The highest BCUT2D eigenvalue weighted by Gasteiger charge is 2.28. The second kappa shape index (κ2) is 6.64. The van der Waals surface area contributed by atoms with Crippen LogP contribution in [0, 0.1) is 0 Å². The summed E-state index contributed by atoms with van der Waals surface area (Å²) in [5.41, 5.74) is 7.91. The van der Waals surface area contributed by atoms with Gasteiger partial charge in [0.05, 0.1) is 6.61 Å². The van der Waals surface area contributed by atoms with Crippen LogP contribution >= 0.6 is 0 Å². The highest BCUT2D eigenvalue weighted by atomic mass is 16.5. The summed E-state index contributed by atoms with van der Waals surface area (Å²) < 4.78 is 5.54. The normalized spacial score (nSPS) is 13.9. The number of anilines is 2. The molecule has 1 aliphatic rings. The minimum absolute atomic E-state index is 0.467. The van der Waals surface area contributed by atoms with E-state index in [1.165, 1.54) is 5.56 Å². The number of nitrogen functional groups attached to an aromatic ring is 1. The van der Waals surface area contributed by atoms with Crippen molar-refractivity contribution >= 4 is 11.5 Å². The predicted molar refractivity (Wildman–Crippen MR) is 88.2 cm³/mol. The summed E-state index contributed by atoms with van der Waals surface area (Å²) in [4.78, 5) is 9.03. The third-order valence-electron chi connectivity index (χ3n) is 3.70. The monoisotopic (exact) mass is 298 g/mol. The Labute approximate surface area is 130 Å². The third kappa shape index (κ3) is 3.47. The van der Waals surface area contributed by atoms with Gasteiger partial charge >= 0.3 is 0 Å². The molecular formula is C17H22N4O. The molecule has 0 spiro atoms. The molecule has 3 rings (SSSR count). The summed E-state index contributed by atoms with van der Waals surface area (Å²) in [6, 6.07) is 10.4. The Balaban J connectivity index is 1.71. The summed E-state index contributed by atoms with van der Waals surface area (Å²) in [6.07, 6.45) is 3.23. The van der Waals surface area contributed by atoms with Gasteiger partial charge < -0.3 is 15.8 Å². The van der Waals surface area contributed by atoms with Crippen molar-refractivity contribution in [2.45, 2.75) is 32.1 Å². The van der Waals surface area contributed by atoms with Crippen LogP contribution in [0.5, 0.6) is 5.88 Å². The number of aromatic nitrogens is 2. The Kier molecular flexibility index (Phi) is 4.42. The van der Waals surface area contributed by atoms with Crippen molar-refractivity contribution in [3.8, 4) is 5.88 Å². The minimum Gasteiger partial charge on any atom is -0.476 e. The molecule has 2 aromatic rings. The lowest BCUT2D eigenvalue weighted by atomic mass is 10.1. The average Bonchev–Trinajstić information content (AvgIpc) is 3.37. The maximum Gasteiger partial charge on any atom is 0.242 e. The number of ether oxygens (including phenoxy) is 1. The van der Waals surface area contributed by atoms with Gasteiger partial charge in [-0.2, -0.15) is 4.98 Å². The molecule has 0 saturated heterocycles. The van der Waals surface area contributed by atoms with Crippen molar-refractivity contribution in [3.63, 3.8) is 0 Å². The zero-order valence-electron chi connectivity index (χ0n) is 12.9. The number of rotatable bonds is 7. The van der Waals surface area contributed by atoms with Crippen LogP contribution in [0.2, 0.25) is 0 Å². The van der Waals surface area contributed by atoms with Gasteiger partial charge in [0.1, 0.15) is 11.5 Å². The molecule has 116 valence electrons. The van der Waals surface area contributed by atoms with Crippen molar-refractivity contribution in [1.29, 1.82) is 0 Å². The number of nitrogens with zero attached hydrogens (tertiary/aromatic N) is 2. The molecule has 1 saturated carbocycles. The Bertz CT molecular complexity index is 626. The molecule has 0 unspecified atom stereocenters. The largest absolute Gasteiger partial charge is 0.476 e. The van der Waals surface area contributed by atoms with Gasteiger partial charge in [0.15, 0.2) is 5.82 Å². The predicted octanol–water partition coefficient (Wildman–Crippen LogP) is 2.99. The molecule has 22 heavy (non-hydrogen) atoms. The molecular weight excluding hydrogens is 276 g/mol. The second-order valence-corrected chi connectivity index (χ2v) is 5.52. The molecule has 1 aliphatic carbocycles. The van der Waals surface area contributed by atoms with Crippen LogP contribution in [0.3, 0.4) is 0 Å². The summed E-state index contributed by atoms with van der Waals surface area (Å²) >= 11 is 0. The van der Waals surface area contributed by atoms with E-state index in [1.54, 1.807) is 0 Å². The Morgan fingerprint density at radius 3 is 2.68 bits per heavy atom. The number of nitrogens with two attached hydrogens (primary N) is 1. The van der Waals surface area contributed by atoms with Crippen molar-refractivity contribution in [1.82, 2.24) is 9.97 Å². The maximum absolute atomic E-state index is 6.13. The van der Waals surface area contributed by atoms with Crippen molar-refractivity contribution in [3.05, 3.63) is 41.7 Å². The van der Waals surface area contributed by atoms with Gasteiger partial charge in [-0.05, 0) is 31.7 Å². The van der Waals surface area contributed by atoms with E-state index >= 15 is 0 Å². The van der Waals surface area contributed by atoms with E-state index in [9.17, 15) is 0 Å². The van der Waals surface area contributed by atoms with E-state index in [2.05, 4.69) is 27.4 Å². The number of nitrogens with one attached hydrogen (secondary N) is 1. The van der Waals surface area contributed by atoms with Crippen LogP contribution in [0.25, 0.3) is 0 Å². The number of hydrogen-bond donors (Lipinski definition) is 2. The van der Waals surface area contributed by atoms with E-state index in [1.807, 2.05) is 25.1 Å². The Morgan fingerprint density at radius 2 is 2.00 bits per heavy atom. The van der Waals surface area contributed by atoms with Gasteiger partial charge in [-0.1, -0.05) is 30.3 Å². The summed E-state index contributed by atoms with van der Waals surface area (Å²) in [7, 11) is 0. The van der Waals surface area contributed by atoms with Crippen molar-refractivity contribution in [2.75, 3.05) is 24.2 Å².